The number of hydrogen-bond acceptors (Lipinski definition) is 6. The van der Waals surface area contributed by atoms with Crippen molar-refractivity contribution in [2.24, 2.45) is 12.8 Å². The summed E-state index contributed by atoms with van der Waals surface area (Å²) in [4.78, 5) is 21.7. The average Bonchev–Trinajstić information content (AvgIpc) is 3.03. The highest BCUT2D eigenvalue weighted by Gasteiger charge is 2.28. The largest absolute Gasteiger partial charge is 0.507 e. The summed E-state index contributed by atoms with van der Waals surface area (Å²) in [6.45, 7) is 1.82. The van der Waals surface area contributed by atoms with Gasteiger partial charge in [0.2, 0.25) is 0 Å². The van der Waals surface area contributed by atoms with Gasteiger partial charge < -0.3 is 15.4 Å². The van der Waals surface area contributed by atoms with Crippen LogP contribution in [0, 0.1) is 6.92 Å². The predicted octanol–water partition coefficient (Wildman–Crippen LogP) is 2.02. The maximum atomic E-state index is 12.8. The molecule has 0 atom stereocenters. The van der Waals surface area contributed by atoms with Gasteiger partial charge in [0, 0.05) is 48.7 Å². The molecular weight excluding hydrogens is 356 g/mol. The molecule has 3 heterocycles. The van der Waals surface area contributed by atoms with Gasteiger partial charge in [-0.1, -0.05) is 0 Å². The fraction of sp³-hybridized carbons (Fsp3) is 0.300. The van der Waals surface area contributed by atoms with E-state index < -0.39 is 0 Å². The summed E-state index contributed by atoms with van der Waals surface area (Å²) in [5, 5.41) is 16.4. The molecule has 4 aromatic rings. The lowest BCUT2D eigenvalue weighted by Crippen LogP contribution is -2.41. The number of benzene rings is 1. The molecule has 1 saturated carbocycles. The van der Waals surface area contributed by atoms with E-state index in [9.17, 15) is 9.90 Å². The number of hydrogen-bond donors (Lipinski definition) is 2. The Balaban J connectivity index is 1.64. The normalized spacial score (nSPS) is 19.2. The molecule has 1 aliphatic carbocycles. The number of rotatable bonds is 2. The van der Waals surface area contributed by atoms with Crippen molar-refractivity contribution in [1.29, 1.82) is 0 Å². The quantitative estimate of drug-likeness (QED) is 0.554. The molecule has 1 aliphatic rings. The molecular formula is C20H20N6O2. The molecule has 28 heavy (non-hydrogen) atoms. The van der Waals surface area contributed by atoms with E-state index in [0.29, 0.717) is 27.9 Å². The smallest absolute Gasteiger partial charge is 0.261 e. The van der Waals surface area contributed by atoms with Crippen molar-refractivity contribution in [1.82, 2.24) is 24.3 Å². The summed E-state index contributed by atoms with van der Waals surface area (Å²) < 4.78 is 3.43. The van der Waals surface area contributed by atoms with Crippen LogP contribution in [0.15, 0.2) is 35.5 Å². The molecule has 0 radical (unpaired) electrons. The molecule has 1 aromatic carbocycles. The van der Waals surface area contributed by atoms with E-state index in [1.165, 1.54) is 6.20 Å². The molecule has 0 amide bonds. The fourth-order valence-corrected chi connectivity index (χ4v) is 3.93. The van der Waals surface area contributed by atoms with Gasteiger partial charge in [0.1, 0.15) is 5.75 Å². The minimum Gasteiger partial charge on any atom is -0.507 e. The first kappa shape index (κ1) is 16.9. The first-order valence-corrected chi connectivity index (χ1v) is 9.22. The van der Waals surface area contributed by atoms with Crippen LogP contribution < -0.4 is 11.3 Å². The topological polar surface area (TPSA) is 112 Å². The van der Waals surface area contributed by atoms with E-state index in [0.717, 1.165) is 23.7 Å². The molecule has 8 nitrogen and oxygen atoms in total. The molecule has 0 spiro atoms. The Morgan fingerprint density at radius 3 is 2.86 bits per heavy atom. The number of pyridine rings is 1. The Hall–Kier alpha value is -3.26. The number of aromatic nitrogens is 5. The van der Waals surface area contributed by atoms with Crippen LogP contribution in [0.5, 0.6) is 5.75 Å². The van der Waals surface area contributed by atoms with Crippen molar-refractivity contribution in [2.75, 3.05) is 0 Å². The fourth-order valence-electron chi connectivity index (χ4n) is 3.93. The number of phenols is 1. The number of phenolic OH excluding ortho intramolecular Hbond substituents is 1. The second-order valence-electron chi connectivity index (χ2n) is 7.54. The first-order valence-electron chi connectivity index (χ1n) is 9.22. The second-order valence-corrected chi connectivity index (χ2v) is 7.54. The van der Waals surface area contributed by atoms with E-state index >= 15 is 0 Å². The van der Waals surface area contributed by atoms with Crippen LogP contribution in [0.1, 0.15) is 24.4 Å². The molecule has 142 valence electrons. The summed E-state index contributed by atoms with van der Waals surface area (Å²) in [7, 11) is 1.84. The lowest BCUT2D eigenvalue weighted by Gasteiger charge is -2.33. The van der Waals surface area contributed by atoms with Gasteiger partial charge in [-0.2, -0.15) is 5.10 Å². The summed E-state index contributed by atoms with van der Waals surface area (Å²) in [5.41, 5.74) is 8.24. The van der Waals surface area contributed by atoms with Gasteiger partial charge in [-0.3, -0.25) is 9.48 Å². The van der Waals surface area contributed by atoms with Crippen LogP contribution >= 0.6 is 0 Å². The third-order valence-electron chi connectivity index (χ3n) is 5.58. The van der Waals surface area contributed by atoms with Crippen molar-refractivity contribution >= 4 is 21.8 Å². The SMILES string of the molecule is Cc1c(O)c(-c2ncc3c(=O)n([C@H]4C[C@H](N)C4)ccc3n2)cc2cn(C)nc12. The Labute approximate surface area is 160 Å². The number of nitrogens with zero attached hydrogens (tertiary/aromatic N) is 5. The minimum atomic E-state index is -0.107. The zero-order valence-corrected chi connectivity index (χ0v) is 15.6. The first-order chi connectivity index (χ1) is 13.4. The van der Waals surface area contributed by atoms with E-state index in [1.54, 1.807) is 15.4 Å². The Morgan fingerprint density at radius 1 is 1.32 bits per heavy atom. The molecule has 3 N–H and O–H groups in total. The lowest BCUT2D eigenvalue weighted by atomic mass is 9.87. The van der Waals surface area contributed by atoms with Gasteiger partial charge in [-0.25, -0.2) is 9.97 Å². The van der Waals surface area contributed by atoms with Crippen molar-refractivity contribution in [3.8, 4) is 17.1 Å². The van der Waals surface area contributed by atoms with Gasteiger partial charge in [-0.15, -0.1) is 0 Å². The zero-order chi connectivity index (χ0) is 19.6. The van der Waals surface area contributed by atoms with Crippen LogP contribution in [0.2, 0.25) is 0 Å². The van der Waals surface area contributed by atoms with Crippen molar-refractivity contribution in [2.45, 2.75) is 31.8 Å². The molecule has 5 rings (SSSR count). The van der Waals surface area contributed by atoms with Crippen molar-refractivity contribution in [3.63, 3.8) is 0 Å². The lowest BCUT2D eigenvalue weighted by molar-refractivity contribution is 0.262. The highest BCUT2D eigenvalue weighted by Crippen LogP contribution is 2.35. The standard InChI is InChI=1S/C20H20N6O2/c1-10-17-11(9-25(2)24-17)5-14(18(10)27)19-22-8-15-16(23-19)3-4-26(20(15)28)13-6-12(21)7-13/h3-5,8-9,12-13,27H,6-7,21H2,1-2H3/t12-,13-. The highest BCUT2D eigenvalue weighted by molar-refractivity contribution is 5.90. The van der Waals surface area contributed by atoms with Crippen LogP contribution in [-0.4, -0.2) is 35.5 Å². The van der Waals surface area contributed by atoms with Crippen LogP contribution in [0.4, 0.5) is 0 Å². The summed E-state index contributed by atoms with van der Waals surface area (Å²) in [5.74, 6) is 0.476. The molecule has 8 heteroatoms. The summed E-state index contributed by atoms with van der Waals surface area (Å²) >= 11 is 0. The van der Waals surface area contributed by atoms with Gasteiger partial charge in [-0.05, 0) is 31.9 Å². The molecule has 1 fully saturated rings. The van der Waals surface area contributed by atoms with Gasteiger partial charge in [0.25, 0.3) is 5.56 Å². The Morgan fingerprint density at radius 2 is 2.11 bits per heavy atom. The summed E-state index contributed by atoms with van der Waals surface area (Å²) in [6, 6.07) is 3.95. The van der Waals surface area contributed by atoms with Crippen LogP contribution in [-0.2, 0) is 7.05 Å². The second kappa shape index (κ2) is 5.87. The van der Waals surface area contributed by atoms with Crippen LogP contribution in [0.3, 0.4) is 0 Å². The molecule has 0 unspecified atom stereocenters. The van der Waals surface area contributed by atoms with Crippen LogP contribution in [0.25, 0.3) is 33.2 Å². The third kappa shape index (κ3) is 2.41. The predicted molar refractivity (Wildman–Crippen MR) is 106 cm³/mol. The monoisotopic (exact) mass is 376 g/mol. The maximum absolute atomic E-state index is 12.8. The van der Waals surface area contributed by atoms with Gasteiger partial charge in [0.05, 0.1) is 22.0 Å². The Kier molecular flexibility index (Phi) is 3.54. The maximum Gasteiger partial charge on any atom is 0.261 e. The average molecular weight is 376 g/mol. The van der Waals surface area contributed by atoms with E-state index in [2.05, 4.69) is 15.1 Å². The van der Waals surface area contributed by atoms with Crippen molar-refractivity contribution < 1.29 is 5.11 Å². The van der Waals surface area contributed by atoms with E-state index in [1.807, 2.05) is 32.3 Å². The minimum absolute atomic E-state index is 0.0994. The molecule has 0 bridgehead atoms. The summed E-state index contributed by atoms with van der Waals surface area (Å²) in [6.07, 6.45) is 6.81. The number of nitrogens with two attached hydrogens (primary N) is 1. The van der Waals surface area contributed by atoms with Gasteiger partial charge >= 0.3 is 0 Å². The van der Waals surface area contributed by atoms with E-state index in [-0.39, 0.29) is 23.4 Å². The third-order valence-corrected chi connectivity index (χ3v) is 5.58. The number of aryl methyl sites for hydroxylation is 2. The Bertz CT molecular complexity index is 1300. The van der Waals surface area contributed by atoms with E-state index in [4.69, 9.17) is 5.73 Å². The number of fused-ring (bicyclic) bond motifs is 2. The molecule has 3 aromatic heterocycles. The zero-order valence-electron chi connectivity index (χ0n) is 15.6. The number of aromatic hydroxyl groups is 1. The molecule has 0 saturated heterocycles. The molecule has 0 aliphatic heterocycles. The highest BCUT2D eigenvalue weighted by atomic mass is 16.3. The van der Waals surface area contributed by atoms with Crippen molar-refractivity contribution in [3.05, 3.63) is 46.6 Å². The van der Waals surface area contributed by atoms with Gasteiger partial charge in [0.15, 0.2) is 5.82 Å².